The molecule has 1 saturated heterocycles. The molecule has 2 heterocycles. The summed E-state index contributed by atoms with van der Waals surface area (Å²) < 4.78 is 11.4. The van der Waals surface area contributed by atoms with Crippen LogP contribution in [-0.4, -0.2) is 68.7 Å². The Hall–Kier alpha value is -2.28. The zero-order valence-electron chi connectivity index (χ0n) is 15.5. The van der Waals surface area contributed by atoms with Crippen LogP contribution in [0.5, 0.6) is 11.5 Å². The number of nitrogens with zero attached hydrogens (tertiary/aromatic N) is 1. The van der Waals surface area contributed by atoms with Crippen LogP contribution in [0.25, 0.3) is 0 Å². The molecule has 26 heavy (non-hydrogen) atoms. The molecule has 7 heteroatoms. The number of benzene rings is 1. The molecule has 2 aliphatic heterocycles. The normalized spacial score (nSPS) is 20.1. The van der Waals surface area contributed by atoms with Gasteiger partial charge in [-0.2, -0.15) is 0 Å². The van der Waals surface area contributed by atoms with E-state index >= 15 is 0 Å². The highest BCUT2D eigenvalue weighted by molar-refractivity contribution is 5.82. The molecular formula is C19H28N3O4+. The van der Waals surface area contributed by atoms with Gasteiger partial charge < -0.3 is 24.6 Å². The molecule has 7 nitrogen and oxygen atoms in total. The average Bonchev–Trinajstić information content (AvgIpc) is 2.66. The summed E-state index contributed by atoms with van der Waals surface area (Å²) in [5, 5.41) is 2.95. The molecule has 2 aliphatic rings. The molecule has 0 unspecified atom stereocenters. The molecule has 0 bridgehead atoms. The predicted octanol–water partition coefficient (Wildman–Crippen LogP) is -0.674. The standard InChI is InChI=1S/C19H27N3O4/c1-14(2)11-20-18(23)12-21-7-9-22(10-8-21)19(24)17-13-25-15-5-3-4-6-16(15)26-17/h3-6,14,17H,7-13H2,1-2H3,(H,20,23)/p+1/t17-/m1/s1. The van der Waals surface area contributed by atoms with Gasteiger partial charge in [0.1, 0.15) is 6.61 Å². The van der Waals surface area contributed by atoms with Crippen LogP contribution in [0.4, 0.5) is 0 Å². The maximum Gasteiger partial charge on any atom is 0.275 e. The zero-order valence-corrected chi connectivity index (χ0v) is 15.5. The van der Waals surface area contributed by atoms with Gasteiger partial charge in [0.15, 0.2) is 18.0 Å². The van der Waals surface area contributed by atoms with Crippen molar-refractivity contribution in [1.29, 1.82) is 0 Å². The van der Waals surface area contributed by atoms with Crippen LogP contribution in [0.3, 0.4) is 0 Å². The van der Waals surface area contributed by atoms with Gasteiger partial charge in [-0.1, -0.05) is 26.0 Å². The molecule has 1 aromatic carbocycles. The number of piperazine rings is 1. The van der Waals surface area contributed by atoms with E-state index in [0.717, 1.165) is 13.1 Å². The van der Waals surface area contributed by atoms with Gasteiger partial charge in [0.05, 0.1) is 26.2 Å². The van der Waals surface area contributed by atoms with E-state index < -0.39 is 6.10 Å². The molecular weight excluding hydrogens is 334 g/mol. The second kappa shape index (κ2) is 8.40. The molecule has 0 spiro atoms. The Balaban J connectivity index is 1.45. The lowest BCUT2D eigenvalue weighted by molar-refractivity contribution is -0.896. The molecule has 0 radical (unpaired) electrons. The summed E-state index contributed by atoms with van der Waals surface area (Å²) in [6.07, 6.45) is -0.596. The second-order valence-electron chi connectivity index (χ2n) is 7.31. The van der Waals surface area contributed by atoms with Gasteiger partial charge in [-0.3, -0.25) is 9.59 Å². The minimum Gasteiger partial charge on any atom is -0.485 e. The average molecular weight is 362 g/mol. The van der Waals surface area contributed by atoms with Crippen molar-refractivity contribution < 1.29 is 24.0 Å². The van der Waals surface area contributed by atoms with Crippen molar-refractivity contribution in [2.75, 3.05) is 45.9 Å². The lowest BCUT2D eigenvalue weighted by Crippen LogP contribution is -3.16. The number of para-hydroxylation sites is 2. The monoisotopic (exact) mass is 362 g/mol. The summed E-state index contributed by atoms with van der Waals surface area (Å²) in [5.41, 5.74) is 0. The summed E-state index contributed by atoms with van der Waals surface area (Å²) in [5.74, 6) is 1.78. The minimum absolute atomic E-state index is 0.0391. The highest BCUT2D eigenvalue weighted by Crippen LogP contribution is 2.31. The van der Waals surface area contributed by atoms with Crippen LogP contribution in [-0.2, 0) is 9.59 Å². The Bertz CT molecular complexity index is 641. The number of hydrogen-bond donors (Lipinski definition) is 2. The zero-order chi connectivity index (χ0) is 18.5. The minimum atomic E-state index is -0.596. The second-order valence-corrected chi connectivity index (χ2v) is 7.31. The summed E-state index contributed by atoms with van der Waals surface area (Å²) in [6.45, 7) is 8.36. The van der Waals surface area contributed by atoms with Gasteiger partial charge >= 0.3 is 0 Å². The van der Waals surface area contributed by atoms with E-state index in [1.54, 1.807) is 0 Å². The number of ether oxygens (including phenoxy) is 2. The fraction of sp³-hybridized carbons (Fsp3) is 0.579. The molecule has 0 aliphatic carbocycles. The van der Waals surface area contributed by atoms with Crippen LogP contribution in [0, 0.1) is 5.92 Å². The number of quaternary nitrogens is 1. The van der Waals surface area contributed by atoms with Crippen molar-refractivity contribution >= 4 is 11.8 Å². The number of hydrogen-bond acceptors (Lipinski definition) is 4. The van der Waals surface area contributed by atoms with Crippen molar-refractivity contribution in [1.82, 2.24) is 10.2 Å². The molecule has 2 N–H and O–H groups in total. The van der Waals surface area contributed by atoms with Crippen molar-refractivity contribution in [2.24, 2.45) is 5.92 Å². The van der Waals surface area contributed by atoms with Crippen molar-refractivity contribution in [2.45, 2.75) is 20.0 Å². The van der Waals surface area contributed by atoms with Crippen molar-refractivity contribution in [3.63, 3.8) is 0 Å². The largest absolute Gasteiger partial charge is 0.485 e. The number of nitrogens with one attached hydrogen (secondary N) is 2. The molecule has 1 atom stereocenters. The fourth-order valence-electron chi connectivity index (χ4n) is 3.17. The Morgan fingerprint density at radius 3 is 2.62 bits per heavy atom. The third-order valence-corrected chi connectivity index (χ3v) is 4.68. The van der Waals surface area contributed by atoms with Crippen LogP contribution < -0.4 is 19.7 Å². The van der Waals surface area contributed by atoms with Crippen LogP contribution in [0.2, 0.25) is 0 Å². The van der Waals surface area contributed by atoms with Gasteiger partial charge in [-0.05, 0) is 18.1 Å². The Kier molecular flexibility index (Phi) is 5.98. The Morgan fingerprint density at radius 1 is 1.23 bits per heavy atom. The number of fused-ring (bicyclic) bond motifs is 1. The topological polar surface area (TPSA) is 72.3 Å². The summed E-state index contributed by atoms with van der Waals surface area (Å²) >= 11 is 0. The molecule has 0 aromatic heterocycles. The smallest absolute Gasteiger partial charge is 0.275 e. The number of rotatable bonds is 5. The van der Waals surface area contributed by atoms with Crippen molar-refractivity contribution in [3.8, 4) is 11.5 Å². The fourth-order valence-corrected chi connectivity index (χ4v) is 3.17. The number of carbonyl (C=O) groups excluding carboxylic acids is 2. The maximum atomic E-state index is 12.7. The quantitative estimate of drug-likeness (QED) is 0.729. The van der Waals surface area contributed by atoms with Gasteiger partial charge in [0.2, 0.25) is 6.10 Å². The highest BCUT2D eigenvalue weighted by Gasteiger charge is 2.33. The molecule has 2 amide bonds. The van der Waals surface area contributed by atoms with E-state index in [4.69, 9.17) is 9.47 Å². The van der Waals surface area contributed by atoms with Gasteiger partial charge in [-0.25, -0.2) is 0 Å². The van der Waals surface area contributed by atoms with Crippen LogP contribution in [0.1, 0.15) is 13.8 Å². The lowest BCUT2D eigenvalue weighted by Gasteiger charge is -2.35. The van der Waals surface area contributed by atoms with E-state index in [1.807, 2.05) is 29.2 Å². The molecule has 0 saturated carbocycles. The summed E-state index contributed by atoms with van der Waals surface area (Å²) in [6, 6.07) is 7.39. The van der Waals surface area contributed by atoms with Gasteiger partial charge in [0.25, 0.3) is 11.8 Å². The maximum absolute atomic E-state index is 12.7. The summed E-state index contributed by atoms with van der Waals surface area (Å²) in [7, 11) is 0. The van der Waals surface area contributed by atoms with E-state index in [0.29, 0.717) is 43.6 Å². The Morgan fingerprint density at radius 2 is 1.92 bits per heavy atom. The van der Waals surface area contributed by atoms with E-state index in [2.05, 4.69) is 19.2 Å². The van der Waals surface area contributed by atoms with Crippen molar-refractivity contribution in [3.05, 3.63) is 24.3 Å². The highest BCUT2D eigenvalue weighted by atomic mass is 16.6. The molecule has 1 aromatic rings. The third-order valence-electron chi connectivity index (χ3n) is 4.68. The van der Waals surface area contributed by atoms with E-state index in [-0.39, 0.29) is 18.4 Å². The summed E-state index contributed by atoms with van der Waals surface area (Å²) in [4.78, 5) is 27.7. The molecule has 142 valence electrons. The first-order valence-corrected chi connectivity index (χ1v) is 9.30. The lowest BCUT2D eigenvalue weighted by atomic mass is 10.2. The van der Waals surface area contributed by atoms with Gasteiger partial charge in [-0.15, -0.1) is 0 Å². The van der Waals surface area contributed by atoms with E-state index in [9.17, 15) is 9.59 Å². The van der Waals surface area contributed by atoms with E-state index in [1.165, 1.54) is 4.90 Å². The van der Waals surface area contributed by atoms with Gasteiger partial charge in [0, 0.05) is 6.54 Å². The predicted molar refractivity (Wildman–Crippen MR) is 96.3 cm³/mol. The third kappa shape index (κ3) is 4.66. The van der Waals surface area contributed by atoms with Crippen LogP contribution in [0.15, 0.2) is 24.3 Å². The first-order chi connectivity index (χ1) is 12.5. The SMILES string of the molecule is CC(C)CNC(=O)C[NH+]1CCN(C(=O)[C@H]2COc3ccccc3O2)CC1. The first-order valence-electron chi connectivity index (χ1n) is 9.30. The molecule has 3 rings (SSSR count). The van der Waals surface area contributed by atoms with Crippen LogP contribution >= 0.6 is 0 Å². The number of carbonyl (C=O) groups is 2. The molecule has 1 fully saturated rings. The Labute approximate surface area is 154 Å². The number of amides is 2. The first kappa shape index (κ1) is 18.5.